The van der Waals surface area contributed by atoms with Gasteiger partial charge in [0.1, 0.15) is 12.1 Å². The Morgan fingerprint density at radius 1 is 1.05 bits per heavy atom. The van der Waals surface area contributed by atoms with Crippen molar-refractivity contribution in [2.45, 2.75) is 25.0 Å². The van der Waals surface area contributed by atoms with Gasteiger partial charge in [-0.15, -0.1) is 0 Å². The van der Waals surface area contributed by atoms with Crippen molar-refractivity contribution in [2.24, 2.45) is 0 Å². The lowest BCUT2D eigenvalue weighted by atomic mass is 9.87. The monoisotopic (exact) mass is 267 g/mol. The van der Waals surface area contributed by atoms with Crippen LogP contribution in [0.4, 0.5) is 5.82 Å². The molecule has 0 N–H and O–H groups in total. The van der Waals surface area contributed by atoms with Crippen LogP contribution < -0.4 is 4.90 Å². The topological polar surface area (TPSA) is 45.2 Å². The van der Waals surface area contributed by atoms with E-state index in [0.717, 1.165) is 31.1 Å². The summed E-state index contributed by atoms with van der Waals surface area (Å²) in [5, 5.41) is 0. The smallest absolute Gasteiger partial charge is 0.132 e. The molecule has 5 rings (SSSR count). The van der Waals surface area contributed by atoms with E-state index in [1.165, 1.54) is 6.42 Å². The normalized spacial score (nSPS) is 25.3. The third-order valence-electron chi connectivity index (χ3n) is 4.21. The molecule has 20 heavy (non-hydrogen) atoms. The number of fused-ring (bicyclic) bond motifs is 2. The number of piperazine rings is 1. The molecule has 0 aliphatic carbocycles. The van der Waals surface area contributed by atoms with Gasteiger partial charge in [0.25, 0.3) is 0 Å². The van der Waals surface area contributed by atoms with E-state index in [-0.39, 0.29) is 0 Å². The molecule has 102 valence electrons. The second-order valence-electron chi connectivity index (χ2n) is 5.53. The van der Waals surface area contributed by atoms with E-state index < -0.39 is 0 Å². The molecular formula is C15H17N5. The minimum atomic E-state index is 0.590. The highest BCUT2D eigenvalue weighted by Crippen LogP contribution is 2.35. The van der Waals surface area contributed by atoms with Crippen LogP contribution in [0.2, 0.25) is 0 Å². The van der Waals surface area contributed by atoms with Gasteiger partial charge in [0.15, 0.2) is 0 Å². The molecule has 2 atom stereocenters. The zero-order valence-electron chi connectivity index (χ0n) is 11.3. The second-order valence-corrected chi connectivity index (χ2v) is 5.53. The molecule has 3 fully saturated rings. The maximum Gasteiger partial charge on any atom is 0.132 e. The molecule has 0 spiro atoms. The Balaban J connectivity index is 1.43. The van der Waals surface area contributed by atoms with Crippen LogP contribution in [0.3, 0.4) is 0 Å². The highest BCUT2D eigenvalue weighted by molar-refractivity contribution is 5.45. The van der Waals surface area contributed by atoms with E-state index in [9.17, 15) is 0 Å². The summed E-state index contributed by atoms with van der Waals surface area (Å²) in [6.45, 7) is 3.14. The van der Waals surface area contributed by atoms with Gasteiger partial charge in [-0.2, -0.15) is 0 Å². The number of rotatable bonds is 3. The van der Waals surface area contributed by atoms with Crippen molar-refractivity contribution in [3.63, 3.8) is 0 Å². The van der Waals surface area contributed by atoms with Crippen LogP contribution in [0, 0.1) is 0 Å². The van der Waals surface area contributed by atoms with Gasteiger partial charge in [-0.3, -0.25) is 9.88 Å². The van der Waals surface area contributed by atoms with E-state index in [2.05, 4.69) is 36.9 Å². The fraction of sp³-hybridized carbons (Fsp3) is 0.400. The molecule has 0 amide bonds. The number of piperidine rings is 1. The van der Waals surface area contributed by atoms with Gasteiger partial charge in [0, 0.05) is 44.1 Å². The molecule has 3 aliphatic rings. The van der Waals surface area contributed by atoms with Crippen LogP contribution in [0.15, 0.2) is 43.0 Å². The predicted molar refractivity (Wildman–Crippen MR) is 76.2 cm³/mol. The van der Waals surface area contributed by atoms with E-state index in [1.54, 1.807) is 6.33 Å². The number of pyridine rings is 1. The molecule has 2 unspecified atom stereocenters. The number of anilines is 1. The van der Waals surface area contributed by atoms with Crippen LogP contribution in [-0.2, 0) is 6.54 Å². The van der Waals surface area contributed by atoms with Crippen LogP contribution in [0.5, 0.6) is 0 Å². The van der Waals surface area contributed by atoms with Crippen molar-refractivity contribution in [1.29, 1.82) is 0 Å². The van der Waals surface area contributed by atoms with Crippen LogP contribution >= 0.6 is 0 Å². The average molecular weight is 267 g/mol. The first-order valence-electron chi connectivity index (χ1n) is 7.07. The third kappa shape index (κ3) is 2.04. The zero-order chi connectivity index (χ0) is 13.4. The molecule has 2 bridgehead atoms. The van der Waals surface area contributed by atoms with Gasteiger partial charge in [-0.1, -0.05) is 6.07 Å². The van der Waals surface area contributed by atoms with Gasteiger partial charge in [-0.25, -0.2) is 9.97 Å². The van der Waals surface area contributed by atoms with Crippen molar-refractivity contribution in [3.05, 3.63) is 48.7 Å². The Labute approximate surface area is 118 Å². The van der Waals surface area contributed by atoms with Gasteiger partial charge in [-0.05, 0) is 24.6 Å². The maximum absolute atomic E-state index is 4.41. The lowest BCUT2D eigenvalue weighted by molar-refractivity contribution is 0.106. The van der Waals surface area contributed by atoms with Crippen molar-refractivity contribution in [3.8, 4) is 0 Å². The molecule has 0 saturated carbocycles. The SMILES string of the molecule is c1ccc(CN2CC3CC(C2)N3c2ccncn2)nc1. The molecule has 2 aromatic heterocycles. The molecule has 5 heteroatoms. The minimum Gasteiger partial charge on any atom is -0.348 e. The van der Waals surface area contributed by atoms with Crippen molar-refractivity contribution >= 4 is 5.82 Å². The summed E-state index contributed by atoms with van der Waals surface area (Å²) in [5.74, 6) is 1.07. The Morgan fingerprint density at radius 3 is 2.65 bits per heavy atom. The fourth-order valence-corrected chi connectivity index (χ4v) is 3.36. The number of hydrogen-bond donors (Lipinski definition) is 0. The van der Waals surface area contributed by atoms with Crippen LogP contribution in [0.25, 0.3) is 0 Å². The average Bonchev–Trinajstić information content (AvgIpc) is 2.49. The minimum absolute atomic E-state index is 0.590. The van der Waals surface area contributed by atoms with Crippen LogP contribution in [-0.4, -0.2) is 45.0 Å². The molecule has 5 heterocycles. The summed E-state index contributed by atoms with van der Waals surface area (Å²) >= 11 is 0. The number of aromatic nitrogens is 3. The standard InChI is InChI=1S/C15H17N5/c1-2-5-17-12(3-1)8-19-9-13-7-14(10-19)20(13)15-4-6-16-11-18-15/h1-6,11,13-14H,7-10H2. The zero-order valence-corrected chi connectivity index (χ0v) is 11.3. The first kappa shape index (κ1) is 11.8. The summed E-state index contributed by atoms with van der Waals surface area (Å²) in [6, 6.07) is 9.31. The molecule has 0 radical (unpaired) electrons. The molecule has 0 aromatic carbocycles. The maximum atomic E-state index is 4.41. The van der Waals surface area contributed by atoms with Gasteiger partial charge in [0.2, 0.25) is 0 Å². The van der Waals surface area contributed by atoms with E-state index >= 15 is 0 Å². The molecule has 3 saturated heterocycles. The summed E-state index contributed by atoms with van der Waals surface area (Å²) in [6.07, 6.45) is 6.60. The quantitative estimate of drug-likeness (QED) is 0.839. The van der Waals surface area contributed by atoms with Crippen molar-refractivity contribution in [1.82, 2.24) is 19.9 Å². The van der Waals surface area contributed by atoms with Crippen molar-refractivity contribution in [2.75, 3.05) is 18.0 Å². The van der Waals surface area contributed by atoms with Gasteiger partial charge in [0.05, 0.1) is 5.69 Å². The second kappa shape index (κ2) is 4.83. The first-order valence-corrected chi connectivity index (χ1v) is 7.07. The van der Waals surface area contributed by atoms with E-state index in [1.807, 2.05) is 24.5 Å². The molecule has 2 aromatic rings. The third-order valence-corrected chi connectivity index (χ3v) is 4.21. The fourth-order valence-electron chi connectivity index (χ4n) is 3.36. The molecule has 5 nitrogen and oxygen atoms in total. The molecular weight excluding hydrogens is 250 g/mol. The first-order chi connectivity index (χ1) is 9.90. The Bertz CT molecular complexity index is 561. The van der Waals surface area contributed by atoms with E-state index in [0.29, 0.717) is 12.1 Å². The molecule has 3 aliphatic heterocycles. The van der Waals surface area contributed by atoms with Gasteiger partial charge >= 0.3 is 0 Å². The Hall–Kier alpha value is -2.01. The Kier molecular flexibility index (Phi) is 2.85. The lowest BCUT2D eigenvalue weighted by Crippen LogP contribution is -2.69. The Morgan fingerprint density at radius 2 is 1.95 bits per heavy atom. The predicted octanol–water partition coefficient (Wildman–Crippen LogP) is 1.33. The number of nitrogens with zero attached hydrogens (tertiary/aromatic N) is 5. The van der Waals surface area contributed by atoms with Gasteiger partial charge < -0.3 is 4.90 Å². The highest BCUT2D eigenvalue weighted by atomic mass is 15.4. The largest absolute Gasteiger partial charge is 0.348 e. The van der Waals surface area contributed by atoms with Crippen LogP contribution in [0.1, 0.15) is 12.1 Å². The summed E-state index contributed by atoms with van der Waals surface area (Å²) in [5.41, 5.74) is 1.15. The number of hydrogen-bond acceptors (Lipinski definition) is 5. The highest BCUT2D eigenvalue weighted by Gasteiger charge is 2.45. The summed E-state index contributed by atoms with van der Waals surface area (Å²) in [4.78, 5) is 17.7. The summed E-state index contributed by atoms with van der Waals surface area (Å²) < 4.78 is 0. The van der Waals surface area contributed by atoms with Crippen molar-refractivity contribution < 1.29 is 0 Å². The lowest BCUT2D eigenvalue weighted by Gasteiger charge is -2.57. The summed E-state index contributed by atoms with van der Waals surface area (Å²) in [7, 11) is 0. The van der Waals surface area contributed by atoms with E-state index in [4.69, 9.17) is 0 Å².